The van der Waals surface area contributed by atoms with E-state index in [0.29, 0.717) is 32.2 Å². The summed E-state index contributed by atoms with van der Waals surface area (Å²) in [6, 6.07) is 11.8. The smallest absolute Gasteiger partial charge is 0.336 e. The van der Waals surface area contributed by atoms with Gasteiger partial charge in [0.1, 0.15) is 0 Å². The molecule has 3 aromatic rings. The normalized spacial score (nSPS) is 10.9. The maximum atomic E-state index is 11.6. The number of nitrogens with zero attached hydrogens (tertiary/aromatic N) is 1. The molecule has 3 rings (SSSR count). The molecule has 1 heterocycles. The number of hydrogen-bond acceptors (Lipinski definition) is 2. The zero-order chi connectivity index (χ0) is 15.9. The van der Waals surface area contributed by atoms with E-state index in [2.05, 4.69) is 20.9 Å². The Morgan fingerprint density at radius 1 is 1.14 bits per heavy atom. The fraction of sp³-hybridized carbons (Fsp3) is 0. The molecule has 0 aliphatic rings. The van der Waals surface area contributed by atoms with E-state index in [4.69, 9.17) is 23.2 Å². The molecule has 1 N–H and O–H groups in total. The summed E-state index contributed by atoms with van der Waals surface area (Å²) in [5.74, 6) is -1.02. The van der Waals surface area contributed by atoms with Gasteiger partial charge in [-0.25, -0.2) is 9.78 Å². The quantitative estimate of drug-likeness (QED) is 0.607. The molecule has 22 heavy (non-hydrogen) atoms. The van der Waals surface area contributed by atoms with Gasteiger partial charge in [0.25, 0.3) is 0 Å². The minimum absolute atomic E-state index is 0.173. The number of fused-ring (bicyclic) bond motifs is 1. The molecule has 2 aromatic carbocycles. The maximum absolute atomic E-state index is 11.6. The molecular formula is C16H8BrCl2NO2. The van der Waals surface area contributed by atoms with E-state index in [1.807, 2.05) is 6.07 Å². The molecule has 0 amide bonds. The van der Waals surface area contributed by atoms with E-state index >= 15 is 0 Å². The number of halogens is 3. The minimum atomic E-state index is -1.02. The summed E-state index contributed by atoms with van der Waals surface area (Å²) in [7, 11) is 0. The lowest BCUT2D eigenvalue weighted by molar-refractivity contribution is 0.0699. The Labute approximate surface area is 144 Å². The molecule has 0 fully saturated rings. The molecule has 1 aromatic heterocycles. The monoisotopic (exact) mass is 395 g/mol. The summed E-state index contributed by atoms with van der Waals surface area (Å²) in [5, 5.41) is 11.0. The molecule has 0 saturated carbocycles. The Kier molecular flexibility index (Phi) is 4.08. The van der Waals surface area contributed by atoms with Crippen LogP contribution in [0, 0.1) is 0 Å². The molecule has 0 aliphatic carbocycles. The highest BCUT2D eigenvalue weighted by molar-refractivity contribution is 9.10. The second-order valence-electron chi connectivity index (χ2n) is 4.62. The van der Waals surface area contributed by atoms with Crippen molar-refractivity contribution in [3.05, 3.63) is 62.5 Å². The summed E-state index contributed by atoms with van der Waals surface area (Å²) in [6.45, 7) is 0. The Balaban J connectivity index is 2.36. The van der Waals surface area contributed by atoms with Gasteiger partial charge < -0.3 is 5.11 Å². The van der Waals surface area contributed by atoms with Crippen molar-refractivity contribution < 1.29 is 9.90 Å². The summed E-state index contributed by atoms with van der Waals surface area (Å²) < 4.78 is 0.722. The highest BCUT2D eigenvalue weighted by Crippen LogP contribution is 2.33. The Morgan fingerprint density at radius 2 is 1.91 bits per heavy atom. The number of carbonyl (C=O) groups is 1. The number of aromatic nitrogens is 1. The van der Waals surface area contributed by atoms with Crippen LogP contribution in [0.1, 0.15) is 10.4 Å². The number of carboxylic acids is 1. The molecule has 0 bridgehead atoms. The van der Waals surface area contributed by atoms with Crippen LogP contribution in [0.3, 0.4) is 0 Å². The standard InChI is InChI=1S/C16H8BrCl2NO2/c17-12-3-1-2-9-11(16(21)22)7-14(20-15(9)12)10-5-4-8(18)6-13(10)19/h1-7H,(H,21,22). The number of para-hydroxylation sites is 1. The lowest BCUT2D eigenvalue weighted by atomic mass is 10.0. The van der Waals surface area contributed by atoms with Crippen molar-refractivity contribution in [1.29, 1.82) is 0 Å². The first-order chi connectivity index (χ1) is 10.5. The van der Waals surface area contributed by atoms with Gasteiger partial charge in [-0.1, -0.05) is 35.3 Å². The van der Waals surface area contributed by atoms with E-state index in [1.165, 1.54) is 6.07 Å². The van der Waals surface area contributed by atoms with Crippen LogP contribution < -0.4 is 0 Å². The Morgan fingerprint density at radius 3 is 2.59 bits per heavy atom. The van der Waals surface area contributed by atoms with Crippen LogP contribution in [-0.2, 0) is 0 Å². The molecule has 0 unspecified atom stereocenters. The topological polar surface area (TPSA) is 50.2 Å². The van der Waals surface area contributed by atoms with Crippen LogP contribution >= 0.6 is 39.1 Å². The fourth-order valence-corrected chi connectivity index (χ4v) is 3.19. The SMILES string of the molecule is O=C(O)c1cc(-c2ccc(Cl)cc2Cl)nc2c(Br)cccc12. The summed E-state index contributed by atoms with van der Waals surface area (Å²) in [6.07, 6.45) is 0. The molecular weight excluding hydrogens is 389 g/mol. The number of aromatic carboxylic acids is 1. The third kappa shape index (κ3) is 2.70. The van der Waals surface area contributed by atoms with Gasteiger partial charge in [-0.05, 0) is 46.3 Å². The first-order valence-corrected chi connectivity index (χ1v) is 7.80. The first-order valence-electron chi connectivity index (χ1n) is 6.25. The van der Waals surface area contributed by atoms with E-state index < -0.39 is 5.97 Å². The Bertz CT molecular complexity index is 912. The van der Waals surface area contributed by atoms with Crippen molar-refractivity contribution in [2.45, 2.75) is 0 Å². The van der Waals surface area contributed by atoms with E-state index in [-0.39, 0.29) is 5.56 Å². The van der Waals surface area contributed by atoms with Crippen molar-refractivity contribution in [1.82, 2.24) is 4.98 Å². The van der Waals surface area contributed by atoms with Crippen molar-refractivity contribution in [2.24, 2.45) is 0 Å². The van der Waals surface area contributed by atoms with Crippen LogP contribution in [-0.4, -0.2) is 16.1 Å². The van der Waals surface area contributed by atoms with Gasteiger partial charge in [0.2, 0.25) is 0 Å². The molecule has 0 radical (unpaired) electrons. The van der Waals surface area contributed by atoms with E-state index in [1.54, 1.807) is 30.3 Å². The second kappa shape index (κ2) is 5.88. The maximum Gasteiger partial charge on any atom is 0.336 e. The van der Waals surface area contributed by atoms with Gasteiger partial charge in [-0.3, -0.25) is 0 Å². The first kappa shape index (κ1) is 15.3. The van der Waals surface area contributed by atoms with Gasteiger partial charge >= 0.3 is 5.97 Å². The van der Waals surface area contributed by atoms with Crippen molar-refractivity contribution >= 4 is 56.0 Å². The van der Waals surface area contributed by atoms with Crippen LogP contribution in [0.2, 0.25) is 10.0 Å². The van der Waals surface area contributed by atoms with Gasteiger partial charge in [0.15, 0.2) is 0 Å². The average molecular weight is 397 g/mol. The minimum Gasteiger partial charge on any atom is -0.478 e. The van der Waals surface area contributed by atoms with Crippen molar-refractivity contribution in [3.8, 4) is 11.3 Å². The third-order valence-electron chi connectivity index (χ3n) is 3.23. The number of hydrogen-bond donors (Lipinski definition) is 1. The molecule has 0 atom stereocenters. The van der Waals surface area contributed by atoms with Crippen LogP contribution in [0.15, 0.2) is 46.9 Å². The highest BCUT2D eigenvalue weighted by atomic mass is 79.9. The number of benzene rings is 2. The zero-order valence-electron chi connectivity index (χ0n) is 11.0. The van der Waals surface area contributed by atoms with Gasteiger partial charge in [-0.15, -0.1) is 0 Å². The number of carboxylic acid groups (broad SMARTS) is 1. The van der Waals surface area contributed by atoms with Gasteiger partial charge in [-0.2, -0.15) is 0 Å². The summed E-state index contributed by atoms with van der Waals surface area (Å²) in [4.78, 5) is 16.1. The average Bonchev–Trinajstić information content (AvgIpc) is 2.47. The lowest BCUT2D eigenvalue weighted by Crippen LogP contribution is -2.00. The molecule has 0 aliphatic heterocycles. The molecule has 6 heteroatoms. The third-order valence-corrected chi connectivity index (χ3v) is 4.42. The van der Waals surface area contributed by atoms with Gasteiger partial charge in [0, 0.05) is 20.4 Å². The molecule has 0 saturated heterocycles. The second-order valence-corrected chi connectivity index (χ2v) is 6.32. The molecule has 110 valence electrons. The van der Waals surface area contributed by atoms with E-state index in [9.17, 15) is 9.90 Å². The van der Waals surface area contributed by atoms with Gasteiger partial charge in [0.05, 0.1) is 21.8 Å². The largest absolute Gasteiger partial charge is 0.478 e. The predicted molar refractivity (Wildman–Crippen MR) is 91.9 cm³/mol. The van der Waals surface area contributed by atoms with Crippen LogP contribution in [0.5, 0.6) is 0 Å². The highest BCUT2D eigenvalue weighted by Gasteiger charge is 2.15. The molecule has 0 spiro atoms. The Hall–Kier alpha value is -1.62. The number of pyridine rings is 1. The van der Waals surface area contributed by atoms with Crippen molar-refractivity contribution in [3.63, 3.8) is 0 Å². The summed E-state index contributed by atoms with van der Waals surface area (Å²) in [5.41, 5.74) is 1.86. The fourth-order valence-electron chi connectivity index (χ4n) is 2.23. The van der Waals surface area contributed by atoms with E-state index in [0.717, 1.165) is 4.47 Å². The van der Waals surface area contributed by atoms with Crippen molar-refractivity contribution in [2.75, 3.05) is 0 Å². The lowest BCUT2D eigenvalue weighted by Gasteiger charge is -2.09. The number of rotatable bonds is 2. The van der Waals surface area contributed by atoms with Crippen LogP contribution in [0.4, 0.5) is 0 Å². The summed E-state index contributed by atoms with van der Waals surface area (Å²) >= 11 is 15.5. The zero-order valence-corrected chi connectivity index (χ0v) is 14.1. The van der Waals surface area contributed by atoms with Crippen LogP contribution in [0.25, 0.3) is 22.2 Å². The molecule has 3 nitrogen and oxygen atoms in total. The predicted octanol–water partition coefficient (Wildman–Crippen LogP) is 5.67.